The van der Waals surface area contributed by atoms with Crippen molar-refractivity contribution in [1.29, 1.82) is 0 Å². The number of H-pyrrole nitrogens is 1. The van der Waals surface area contributed by atoms with Crippen LogP contribution in [0.2, 0.25) is 0 Å². The molecule has 0 radical (unpaired) electrons. The lowest BCUT2D eigenvalue weighted by atomic mass is 10.0. The molecule has 2 N–H and O–H groups in total. The molecule has 1 aromatic heterocycles. The van der Waals surface area contributed by atoms with E-state index in [9.17, 15) is 14.7 Å². The quantitative estimate of drug-likeness (QED) is 0.862. The Labute approximate surface area is 110 Å². The van der Waals surface area contributed by atoms with E-state index in [0.29, 0.717) is 5.69 Å². The Kier molecular flexibility index (Phi) is 3.29. The van der Waals surface area contributed by atoms with Crippen LogP contribution in [0.25, 0.3) is 5.69 Å². The molecule has 0 fully saturated rings. The molecule has 5 nitrogen and oxygen atoms in total. The van der Waals surface area contributed by atoms with Crippen molar-refractivity contribution >= 4 is 0 Å². The highest BCUT2D eigenvalue weighted by atomic mass is 16.3. The standard InChI is InChI=1S/C14H16N2O3/c1-8(2)10-6-4-5-7-11(10)16-13(18)9(3)12(17)15-14(16)19/h4-8,18H,1-3H3,(H,15,17,19). The fourth-order valence-electron chi connectivity index (χ4n) is 2.02. The van der Waals surface area contributed by atoms with E-state index in [0.717, 1.165) is 10.1 Å². The Morgan fingerprint density at radius 1 is 1.21 bits per heavy atom. The van der Waals surface area contributed by atoms with E-state index in [4.69, 9.17) is 0 Å². The number of hydrogen-bond donors (Lipinski definition) is 2. The van der Waals surface area contributed by atoms with E-state index in [2.05, 4.69) is 4.98 Å². The molecule has 0 atom stereocenters. The van der Waals surface area contributed by atoms with Gasteiger partial charge in [-0.25, -0.2) is 9.36 Å². The second-order valence-electron chi connectivity index (χ2n) is 4.76. The van der Waals surface area contributed by atoms with Gasteiger partial charge >= 0.3 is 5.69 Å². The van der Waals surface area contributed by atoms with Crippen LogP contribution in [0.15, 0.2) is 33.9 Å². The molecule has 0 aliphatic heterocycles. The molecular weight excluding hydrogens is 244 g/mol. The first-order valence-corrected chi connectivity index (χ1v) is 6.07. The van der Waals surface area contributed by atoms with E-state index >= 15 is 0 Å². The van der Waals surface area contributed by atoms with Gasteiger partial charge in [-0.1, -0.05) is 32.0 Å². The van der Waals surface area contributed by atoms with Crippen LogP contribution in [-0.2, 0) is 0 Å². The first-order valence-electron chi connectivity index (χ1n) is 6.07. The Hall–Kier alpha value is -2.30. The molecule has 0 saturated heterocycles. The summed E-state index contributed by atoms with van der Waals surface area (Å²) in [6, 6.07) is 7.30. The van der Waals surface area contributed by atoms with Gasteiger partial charge in [0.2, 0.25) is 5.88 Å². The second kappa shape index (κ2) is 4.76. The third-order valence-corrected chi connectivity index (χ3v) is 3.11. The zero-order chi connectivity index (χ0) is 14.2. The molecule has 0 aliphatic rings. The predicted molar refractivity (Wildman–Crippen MR) is 73.2 cm³/mol. The molecule has 1 heterocycles. The van der Waals surface area contributed by atoms with Crippen molar-refractivity contribution in [2.75, 3.05) is 0 Å². The molecule has 0 spiro atoms. The number of hydrogen-bond acceptors (Lipinski definition) is 3. The fraction of sp³-hybridized carbons (Fsp3) is 0.286. The molecular formula is C14H16N2O3. The van der Waals surface area contributed by atoms with Gasteiger partial charge in [0.25, 0.3) is 5.56 Å². The van der Waals surface area contributed by atoms with E-state index in [1.807, 2.05) is 26.0 Å². The van der Waals surface area contributed by atoms with Crippen LogP contribution in [0.4, 0.5) is 0 Å². The zero-order valence-electron chi connectivity index (χ0n) is 11.1. The predicted octanol–water partition coefficient (Wildman–Crippen LogP) is 1.66. The van der Waals surface area contributed by atoms with Gasteiger partial charge in [0.05, 0.1) is 11.3 Å². The lowest BCUT2D eigenvalue weighted by Crippen LogP contribution is -2.30. The van der Waals surface area contributed by atoms with Crippen molar-refractivity contribution in [3.05, 3.63) is 56.2 Å². The molecule has 5 heteroatoms. The van der Waals surface area contributed by atoms with E-state index in [-0.39, 0.29) is 17.4 Å². The van der Waals surface area contributed by atoms with Gasteiger partial charge in [-0.3, -0.25) is 9.78 Å². The highest BCUT2D eigenvalue weighted by molar-refractivity contribution is 5.45. The van der Waals surface area contributed by atoms with E-state index in [1.165, 1.54) is 6.92 Å². The number of aromatic amines is 1. The lowest BCUT2D eigenvalue weighted by Gasteiger charge is -2.15. The second-order valence-corrected chi connectivity index (χ2v) is 4.76. The number of nitrogens with one attached hydrogen (secondary N) is 1. The van der Waals surface area contributed by atoms with Crippen LogP contribution in [0, 0.1) is 6.92 Å². The summed E-state index contributed by atoms with van der Waals surface area (Å²) >= 11 is 0. The largest absolute Gasteiger partial charge is 0.494 e. The van der Waals surface area contributed by atoms with Crippen LogP contribution in [0.5, 0.6) is 5.88 Å². The molecule has 0 aliphatic carbocycles. The number of nitrogens with zero attached hydrogens (tertiary/aromatic N) is 1. The first-order chi connectivity index (χ1) is 8.93. The minimum Gasteiger partial charge on any atom is -0.494 e. The van der Waals surface area contributed by atoms with Crippen LogP contribution in [0.1, 0.15) is 30.9 Å². The van der Waals surface area contributed by atoms with Crippen molar-refractivity contribution in [1.82, 2.24) is 9.55 Å². The van der Waals surface area contributed by atoms with Gasteiger partial charge in [0.1, 0.15) is 0 Å². The van der Waals surface area contributed by atoms with E-state index in [1.54, 1.807) is 12.1 Å². The Balaban J connectivity index is 2.84. The van der Waals surface area contributed by atoms with Gasteiger partial charge < -0.3 is 5.11 Å². The number of benzene rings is 1. The summed E-state index contributed by atoms with van der Waals surface area (Å²) in [6.07, 6.45) is 0. The van der Waals surface area contributed by atoms with Crippen LogP contribution < -0.4 is 11.2 Å². The van der Waals surface area contributed by atoms with Gasteiger partial charge in [-0.2, -0.15) is 0 Å². The van der Waals surface area contributed by atoms with Gasteiger partial charge in [0, 0.05) is 0 Å². The highest BCUT2D eigenvalue weighted by Crippen LogP contribution is 2.24. The average Bonchev–Trinajstić information content (AvgIpc) is 2.36. The summed E-state index contributed by atoms with van der Waals surface area (Å²) in [5, 5.41) is 10.1. The van der Waals surface area contributed by atoms with Crippen molar-refractivity contribution in [2.45, 2.75) is 26.7 Å². The Morgan fingerprint density at radius 2 is 1.84 bits per heavy atom. The maximum absolute atomic E-state index is 11.9. The molecule has 19 heavy (non-hydrogen) atoms. The number of para-hydroxylation sites is 1. The molecule has 0 saturated carbocycles. The monoisotopic (exact) mass is 260 g/mol. The van der Waals surface area contributed by atoms with Crippen molar-refractivity contribution in [3.8, 4) is 11.6 Å². The molecule has 0 amide bonds. The van der Waals surface area contributed by atoms with Crippen LogP contribution >= 0.6 is 0 Å². The van der Waals surface area contributed by atoms with Crippen molar-refractivity contribution in [3.63, 3.8) is 0 Å². The number of rotatable bonds is 2. The summed E-state index contributed by atoms with van der Waals surface area (Å²) in [4.78, 5) is 25.6. The molecule has 0 bridgehead atoms. The topological polar surface area (TPSA) is 75.1 Å². The third-order valence-electron chi connectivity index (χ3n) is 3.11. The molecule has 2 rings (SSSR count). The van der Waals surface area contributed by atoms with Crippen LogP contribution in [-0.4, -0.2) is 14.7 Å². The molecule has 100 valence electrons. The van der Waals surface area contributed by atoms with Crippen molar-refractivity contribution in [2.24, 2.45) is 0 Å². The first kappa shape index (κ1) is 13.1. The minimum absolute atomic E-state index is 0.123. The third kappa shape index (κ3) is 2.19. The minimum atomic E-state index is -0.638. The summed E-state index contributed by atoms with van der Waals surface area (Å²) in [6.45, 7) is 5.47. The average molecular weight is 260 g/mol. The smallest absolute Gasteiger partial charge is 0.335 e. The summed E-state index contributed by atoms with van der Waals surface area (Å²) in [7, 11) is 0. The maximum Gasteiger partial charge on any atom is 0.335 e. The maximum atomic E-state index is 11.9. The molecule has 2 aromatic rings. The summed E-state index contributed by atoms with van der Waals surface area (Å²) < 4.78 is 1.13. The van der Waals surface area contributed by atoms with Gasteiger partial charge in [0.15, 0.2) is 0 Å². The Morgan fingerprint density at radius 3 is 2.47 bits per heavy atom. The highest BCUT2D eigenvalue weighted by Gasteiger charge is 2.15. The normalized spacial score (nSPS) is 10.9. The van der Waals surface area contributed by atoms with Gasteiger partial charge in [-0.05, 0) is 24.5 Å². The molecule has 0 unspecified atom stereocenters. The number of aromatic hydroxyl groups is 1. The van der Waals surface area contributed by atoms with Crippen LogP contribution in [0.3, 0.4) is 0 Å². The van der Waals surface area contributed by atoms with Gasteiger partial charge in [-0.15, -0.1) is 0 Å². The zero-order valence-corrected chi connectivity index (χ0v) is 11.1. The Bertz CT molecular complexity index is 726. The van der Waals surface area contributed by atoms with E-state index < -0.39 is 11.2 Å². The summed E-state index contributed by atoms with van der Waals surface area (Å²) in [5.41, 5.74) is 0.422. The fourth-order valence-corrected chi connectivity index (χ4v) is 2.02. The van der Waals surface area contributed by atoms with Crippen molar-refractivity contribution < 1.29 is 5.11 Å². The molecule has 1 aromatic carbocycles. The lowest BCUT2D eigenvalue weighted by molar-refractivity contribution is 0.425. The SMILES string of the molecule is Cc1c(O)n(-c2ccccc2C(C)C)c(=O)[nH]c1=O. The summed E-state index contributed by atoms with van der Waals surface area (Å²) in [5.74, 6) is -0.128. The number of aromatic nitrogens is 2.